The summed E-state index contributed by atoms with van der Waals surface area (Å²) in [4.78, 5) is 22.7. The molecule has 3 heterocycles. The minimum atomic E-state index is -1.07. The molecule has 132 valence electrons. The largest absolute Gasteiger partial charge is 0.393 e. The molecule has 4 atom stereocenters. The molecule has 0 amide bonds. The van der Waals surface area contributed by atoms with E-state index >= 15 is 0 Å². The monoisotopic (exact) mass is 337 g/mol. The molecular formula is C15H23N5O4. The Morgan fingerprint density at radius 2 is 2.17 bits per heavy atom. The number of ether oxygens (including phenoxy) is 1. The van der Waals surface area contributed by atoms with Crippen molar-refractivity contribution in [2.75, 3.05) is 12.3 Å². The molecule has 1 aliphatic rings. The summed E-state index contributed by atoms with van der Waals surface area (Å²) in [6.45, 7) is 5.37. The van der Waals surface area contributed by atoms with Crippen LogP contribution in [0.15, 0.2) is 11.1 Å². The summed E-state index contributed by atoms with van der Waals surface area (Å²) in [6.07, 6.45) is 0.981. The molecule has 5 N–H and O–H groups in total. The number of aromatic nitrogens is 4. The van der Waals surface area contributed by atoms with Crippen molar-refractivity contribution in [2.45, 2.75) is 51.5 Å². The molecule has 0 spiro atoms. The number of hydrogen-bond donors (Lipinski definition) is 4. The second kappa shape index (κ2) is 5.54. The van der Waals surface area contributed by atoms with E-state index in [1.807, 2.05) is 20.8 Å². The summed E-state index contributed by atoms with van der Waals surface area (Å²) in [7, 11) is 0. The molecule has 0 aliphatic carbocycles. The number of aliphatic hydroxyl groups excluding tert-OH is 2. The van der Waals surface area contributed by atoms with Gasteiger partial charge in [-0.3, -0.25) is 14.3 Å². The van der Waals surface area contributed by atoms with Crippen LogP contribution in [-0.2, 0) is 4.74 Å². The number of nitrogen functional groups attached to an aromatic ring is 1. The highest BCUT2D eigenvalue weighted by atomic mass is 16.6. The van der Waals surface area contributed by atoms with E-state index in [-0.39, 0.29) is 23.7 Å². The number of hydrogen-bond acceptors (Lipinski definition) is 7. The molecule has 0 bridgehead atoms. The van der Waals surface area contributed by atoms with Gasteiger partial charge in [0.1, 0.15) is 11.8 Å². The van der Waals surface area contributed by atoms with Crippen LogP contribution in [0.2, 0.25) is 0 Å². The van der Waals surface area contributed by atoms with Crippen LogP contribution in [0.4, 0.5) is 5.95 Å². The Balaban J connectivity index is 2.20. The second-order valence-electron chi connectivity index (χ2n) is 6.58. The Kier molecular flexibility index (Phi) is 3.89. The van der Waals surface area contributed by atoms with Crippen LogP contribution in [0.1, 0.15) is 39.8 Å². The Morgan fingerprint density at radius 3 is 2.75 bits per heavy atom. The molecular weight excluding hydrogens is 314 g/mol. The van der Waals surface area contributed by atoms with Crippen LogP contribution >= 0.6 is 0 Å². The van der Waals surface area contributed by atoms with Crippen LogP contribution in [0.5, 0.6) is 0 Å². The van der Waals surface area contributed by atoms with Crippen molar-refractivity contribution in [3.63, 3.8) is 0 Å². The van der Waals surface area contributed by atoms with Gasteiger partial charge in [-0.05, 0) is 12.8 Å². The number of imidazole rings is 1. The standard InChI is InChI=1S/C15H23N5O4/c1-4-14(3)11(23)15(5-2,6-21)24-12(14)20-7-17-8-9(20)18-13(16)19-10(8)22/h7,11-12,21,23H,4-6H2,1-3H3,(H3,16,18,19,22)/t11-,12+,14+,15+/m0/s1. The Morgan fingerprint density at radius 1 is 1.46 bits per heavy atom. The number of H-pyrrole nitrogens is 1. The molecule has 0 saturated carbocycles. The third-order valence-electron chi connectivity index (χ3n) is 5.36. The molecule has 0 radical (unpaired) electrons. The summed E-state index contributed by atoms with van der Waals surface area (Å²) in [5.41, 5.74) is 3.89. The van der Waals surface area contributed by atoms with Crippen molar-refractivity contribution in [3.8, 4) is 0 Å². The predicted molar refractivity (Wildman–Crippen MR) is 87.2 cm³/mol. The van der Waals surface area contributed by atoms with Gasteiger partial charge in [0.05, 0.1) is 19.0 Å². The van der Waals surface area contributed by atoms with Gasteiger partial charge in [-0.2, -0.15) is 4.98 Å². The molecule has 9 nitrogen and oxygen atoms in total. The molecule has 3 rings (SSSR count). The SMILES string of the molecule is CC[C@]1(CO)O[C@@H](n2cnc3c(=O)[nH]c(N)nc32)[C@](C)(CC)[C@@H]1O. The van der Waals surface area contributed by atoms with Gasteiger partial charge in [0, 0.05) is 5.41 Å². The minimum Gasteiger partial charge on any atom is -0.393 e. The molecule has 1 saturated heterocycles. The first-order chi connectivity index (χ1) is 11.3. The fourth-order valence-corrected chi connectivity index (χ4v) is 3.53. The molecule has 1 aliphatic heterocycles. The Labute approximate surface area is 138 Å². The molecule has 0 unspecified atom stereocenters. The molecule has 2 aromatic heterocycles. The zero-order valence-electron chi connectivity index (χ0n) is 14.0. The fourth-order valence-electron chi connectivity index (χ4n) is 3.53. The summed E-state index contributed by atoms with van der Waals surface area (Å²) in [6, 6.07) is 0. The maximum atomic E-state index is 12.0. The number of rotatable bonds is 4. The first-order valence-corrected chi connectivity index (χ1v) is 8.02. The summed E-state index contributed by atoms with van der Waals surface area (Å²) in [5.74, 6) is -0.0186. The normalized spacial score (nSPS) is 33.4. The molecule has 1 fully saturated rings. The van der Waals surface area contributed by atoms with Gasteiger partial charge in [-0.15, -0.1) is 0 Å². The third kappa shape index (κ3) is 2.08. The highest BCUT2D eigenvalue weighted by Crippen LogP contribution is 2.53. The lowest BCUT2D eigenvalue weighted by Crippen LogP contribution is -2.47. The van der Waals surface area contributed by atoms with E-state index in [0.29, 0.717) is 12.8 Å². The molecule has 9 heteroatoms. The molecule has 24 heavy (non-hydrogen) atoms. The van der Waals surface area contributed by atoms with E-state index in [9.17, 15) is 15.0 Å². The smallest absolute Gasteiger partial charge is 0.280 e. The summed E-state index contributed by atoms with van der Waals surface area (Å²) >= 11 is 0. The quantitative estimate of drug-likeness (QED) is 0.622. The first-order valence-electron chi connectivity index (χ1n) is 8.02. The Hall–Kier alpha value is -1.97. The van der Waals surface area contributed by atoms with Gasteiger partial charge in [-0.1, -0.05) is 20.8 Å². The molecule has 2 aromatic rings. The second-order valence-corrected chi connectivity index (χ2v) is 6.58. The number of aromatic amines is 1. The fraction of sp³-hybridized carbons (Fsp3) is 0.667. The third-order valence-corrected chi connectivity index (χ3v) is 5.36. The van der Waals surface area contributed by atoms with E-state index in [1.165, 1.54) is 6.33 Å². The van der Waals surface area contributed by atoms with Crippen LogP contribution in [0.3, 0.4) is 0 Å². The van der Waals surface area contributed by atoms with Crippen molar-refractivity contribution >= 4 is 17.1 Å². The number of nitrogens with zero attached hydrogens (tertiary/aromatic N) is 3. The number of fused-ring (bicyclic) bond motifs is 1. The van der Waals surface area contributed by atoms with Crippen molar-refractivity contribution in [3.05, 3.63) is 16.7 Å². The Bertz CT molecular complexity index is 812. The van der Waals surface area contributed by atoms with E-state index in [4.69, 9.17) is 10.5 Å². The average molecular weight is 337 g/mol. The zero-order valence-corrected chi connectivity index (χ0v) is 14.0. The number of nitrogens with two attached hydrogens (primary N) is 1. The zero-order chi connectivity index (χ0) is 17.7. The predicted octanol–water partition coefficient (Wildman–Crippen LogP) is 0.149. The lowest BCUT2D eigenvalue weighted by Gasteiger charge is -2.34. The highest BCUT2D eigenvalue weighted by Gasteiger charge is 2.60. The van der Waals surface area contributed by atoms with E-state index in [2.05, 4.69) is 15.0 Å². The maximum absolute atomic E-state index is 12.0. The van der Waals surface area contributed by atoms with E-state index in [0.717, 1.165) is 0 Å². The van der Waals surface area contributed by atoms with Crippen molar-refractivity contribution < 1.29 is 14.9 Å². The van der Waals surface area contributed by atoms with Gasteiger partial charge in [-0.25, -0.2) is 4.98 Å². The van der Waals surface area contributed by atoms with Crippen LogP contribution in [-0.4, -0.2) is 48.0 Å². The number of anilines is 1. The first kappa shape index (κ1) is 16.9. The van der Waals surface area contributed by atoms with Gasteiger partial charge in [0.25, 0.3) is 5.56 Å². The highest BCUT2D eigenvalue weighted by molar-refractivity contribution is 5.70. The van der Waals surface area contributed by atoms with Crippen molar-refractivity contribution in [1.29, 1.82) is 0 Å². The van der Waals surface area contributed by atoms with E-state index < -0.39 is 28.9 Å². The van der Waals surface area contributed by atoms with Crippen molar-refractivity contribution in [1.82, 2.24) is 19.5 Å². The van der Waals surface area contributed by atoms with Crippen LogP contribution in [0.25, 0.3) is 11.2 Å². The van der Waals surface area contributed by atoms with Gasteiger partial charge < -0.3 is 20.7 Å². The number of nitrogens with one attached hydrogen (secondary N) is 1. The van der Waals surface area contributed by atoms with E-state index in [1.54, 1.807) is 4.57 Å². The topological polar surface area (TPSA) is 139 Å². The lowest BCUT2D eigenvalue weighted by molar-refractivity contribution is -0.129. The van der Waals surface area contributed by atoms with Gasteiger partial charge in [0.2, 0.25) is 5.95 Å². The number of aliphatic hydroxyl groups is 2. The summed E-state index contributed by atoms with van der Waals surface area (Å²) in [5, 5.41) is 20.7. The van der Waals surface area contributed by atoms with Gasteiger partial charge >= 0.3 is 0 Å². The van der Waals surface area contributed by atoms with Crippen molar-refractivity contribution in [2.24, 2.45) is 5.41 Å². The van der Waals surface area contributed by atoms with Crippen LogP contribution < -0.4 is 11.3 Å². The maximum Gasteiger partial charge on any atom is 0.280 e. The lowest BCUT2D eigenvalue weighted by atomic mass is 9.75. The van der Waals surface area contributed by atoms with Gasteiger partial charge in [0.15, 0.2) is 11.2 Å². The van der Waals surface area contributed by atoms with Crippen LogP contribution in [0, 0.1) is 5.41 Å². The average Bonchev–Trinajstić information content (AvgIpc) is 3.07. The molecule has 0 aromatic carbocycles. The minimum absolute atomic E-state index is 0.0186. The summed E-state index contributed by atoms with van der Waals surface area (Å²) < 4.78 is 7.74.